The number of ether oxygens (including phenoxy) is 1. The largest absolute Gasteiger partial charge is 0.445 e. The molecule has 0 bridgehead atoms. The first kappa shape index (κ1) is 41.0. The van der Waals surface area contributed by atoms with Crippen molar-refractivity contribution in [2.45, 2.75) is 150 Å². The maximum atomic E-state index is 13.8. The van der Waals surface area contributed by atoms with Gasteiger partial charge in [-0.25, -0.2) is 9.59 Å². The van der Waals surface area contributed by atoms with Crippen molar-refractivity contribution >= 4 is 35.6 Å². The van der Waals surface area contributed by atoms with E-state index < -0.39 is 77.1 Å². The lowest BCUT2D eigenvalue weighted by atomic mass is 9.81. The summed E-state index contributed by atoms with van der Waals surface area (Å²) in [5.74, 6) is -2.10. The molecule has 0 aromatic heterocycles. The summed E-state index contributed by atoms with van der Waals surface area (Å²) in [6, 6.07) is -4.13. The van der Waals surface area contributed by atoms with E-state index in [1.807, 2.05) is 48.5 Å². The molecule has 3 rings (SSSR count). The highest BCUT2D eigenvalue weighted by atomic mass is 16.6. The number of nitrogens with two attached hydrogens (primary N) is 1. The first-order chi connectivity index (χ1) is 23.0. The Kier molecular flexibility index (Phi) is 13.3. The topological polar surface area (TPSA) is 212 Å². The summed E-state index contributed by atoms with van der Waals surface area (Å²) in [6.45, 7) is 18.2. The van der Waals surface area contributed by atoms with Gasteiger partial charge >= 0.3 is 12.1 Å². The van der Waals surface area contributed by atoms with Gasteiger partial charge in [-0.1, -0.05) is 68.7 Å². The molecule has 1 saturated carbocycles. The van der Waals surface area contributed by atoms with Crippen LogP contribution in [0, 0.1) is 16.2 Å². The van der Waals surface area contributed by atoms with Gasteiger partial charge in [0.25, 0.3) is 5.91 Å². The van der Waals surface area contributed by atoms with E-state index in [0.29, 0.717) is 25.9 Å². The molecule has 2 aliphatic heterocycles. The first-order valence-electron chi connectivity index (χ1n) is 17.9. The van der Waals surface area contributed by atoms with E-state index in [2.05, 4.69) is 35.1 Å². The molecule has 3 aliphatic rings. The predicted molar refractivity (Wildman–Crippen MR) is 186 cm³/mol. The lowest BCUT2D eigenvalue weighted by Crippen LogP contribution is -2.63. The van der Waals surface area contributed by atoms with Crippen molar-refractivity contribution < 1.29 is 38.6 Å². The highest BCUT2D eigenvalue weighted by molar-refractivity contribution is 6.38. The van der Waals surface area contributed by atoms with Gasteiger partial charge in [0.15, 0.2) is 0 Å². The molecule has 15 nitrogen and oxygen atoms in total. The van der Waals surface area contributed by atoms with Gasteiger partial charge in [0.05, 0.1) is 24.2 Å². The van der Waals surface area contributed by atoms with E-state index in [1.54, 1.807) is 4.90 Å². The maximum absolute atomic E-state index is 13.8. The Balaban J connectivity index is 1.80. The number of nitrogens with zero attached hydrogens (tertiary/aromatic N) is 2. The summed E-state index contributed by atoms with van der Waals surface area (Å²) in [6.07, 6.45) is 0.232. The van der Waals surface area contributed by atoms with Crippen molar-refractivity contribution in [1.82, 2.24) is 31.1 Å². The molecule has 7 N–H and O–H groups in total. The Bertz CT molecular complexity index is 1270. The molecular formula is C35H61N7O8. The van der Waals surface area contributed by atoms with Gasteiger partial charge in [0.1, 0.15) is 12.3 Å². The maximum Gasteiger partial charge on any atom is 0.404 e. The zero-order valence-electron chi connectivity index (χ0n) is 31.4. The van der Waals surface area contributed by atoms with Gasteiger partial charge in [0.2, 0.25) is 17.6 Å². The van der Waals surface area contributed by atoms with Crippen LogP contribution in [0.4, 0.5) is 9.59 Å². The molecule has 1 aliphatic carbocycles. The molecule has 6 amide bonds. The Hall–Kier alpha value is -3.46. The number of aliphatic hydroxyl groups is 1. The van der Waals surface area contributed by atoms with Crippen LogP contribution >= 0.6 is 0 Å². The van der Waals surface area contributed by atoms with E-state index in [-0.39, 0.29) is 36.8 Å². The molecular weight excluding hydrogens is 646 g/mol. The fourth-order valence-electron chi connectivity index (χ4n) is 6.48. The summed E-state index contributed by atoms with van der Waals surface area (Å²) in [5, 5.41) is 23.2. The number of hydrogen-bond donors (Lipinski definition) is 6. The fourth-order valence-corrected chi connectivity index (χ4v) is 6.48. The monoisotopic (exact) mass is 707 g/mol. The van der Waals surface area contributed by atoms with Crippen LogP contribution in [-0.4, -0.2) is 113 Å². The molecule has 15 heteroatoms. The minimum absolute atomic E-state index is 0.0333. The molecule has 2 saturated heterocycles. The van der Waals surface area contributed by atoms with E-state index in [0.717, 1.165) is 19.3 Å². The van der Waals surface area contributed by atoms with Gasteiger partial charge in [-0.15, -0.1) is 0 Å². The van der Waals surface area contributed by atoms with Crippen molar-refractivity contribution in [3.8, 4) is 0 Å². The number of hydrogen-bond acceptors (Lipinski definition) is 9. The Morgan fingerprint density at radius 3 is 2.18 bits per heavy atom. The van der Waals surface area contributed by atoms with Crippen LogP contribution < -0.4 is 27.0 Å². The second-order valence-corrected chi connectivity index (χ2v) is 17.2. The molecule has 0 spiro atoms. The number of urea groups is 1. The van der Waals surface area contributed by atoms with Crippen molar-refractivity contribution in [2.75, 3.05) is 19.6 Å². The number of carbonyl (C=O) groups excluding carboxylic acids is 6. The summed E-state index contributed by atoms with van der Waals surface area (Å²) in [7, 11) is 0. The number of rotatable bonds is 14. The molecule has 0 radical (unpaired) electrons. The number of primary amides is 1. The Morgan fingerprint density at radius 1 is 1.02 bits per heavy atom. The molecule has 0 aromatic carbocycles. The molecule has 2 heterocycles. The Morgan fingerprint density at radius 2 is 1.66 bits per heavy atom. The van der Waals surface area contributed by atoms with E-state index in [1.165, 1.54) is 4.90 Å². The predicted octanol–water partition coefficient (Wildman–Crippen LogP) is 1.75. The highest BCUT2D eigenvalue weighted by Gasteiger charge is 2.47. The van der Waals surface area contributed by atoms with Gasteiger partial charge in [-0.05, 0) is 41.9 Å². The average molecular weight is 708 g/mol. The number of carbonyl (C=O) groups is 6. The highest BCUT2D eigenvalue weighted by Crippen LogP contribution is 2.33. The molecule has 284 valence electrons. The average Bonchev–Trinajstić information content (AvgIpc) is 3.69. The van der Waals surface area contributed by atoms with Gasteiger partial charge in [-0.3, -0.25) is 24.1 Å². The number of amides is 6. The standard InChI is InChI=1S/C35H61N7O8/c1-10-11-22(26(44)29(46)37-20-12-13-20)38-28(45)23-16-21(50-31(36)48)18-42(23)30(47)27(34(5,6)7)40-32(49)39-24(33(2,3)4)19-41-15-14-35(8,9)17-25(41)43/h20-24,27,30,47H,10-19H2,1-9H3,(H2,36,48)(H,37,46)(H,38,45)(H2,39,40,49)/t21-,22?,23+,24-,27-,30?/m1/s1. The smallest absolute Gasteiger partial charge is 0.404 e. The summed E-state index contributed by atoms with van der Waals surface area (Å²) in [5.41, 5.74) is 4.06. The van der Waals surface area contributed by atoms with Crippen LogP contribution in [0.25, 0.3) is 0 Å². The minimum Gasteiger partial charge on any atom is -0.445 e. The SMILES string of the molecule is CCCC(NC(=O)[C@@H]1C[C@@H](OC(N)=O)CN1C(O)[C@@H](NC(=O)N[C@H](CN1CCC(C)(C)CC1=O)C(C)(C)C)C(C)(C)C)C(=O)C(=O)NC1CC1. The molecule has 50 heavy (non-hydrogen) atoms. The molecule has 6 atom stereocenters. The van der Waals surface area contributed by atoms with Gasteiger partial charge in [-0.2, -0.15) is 0 Å². The van der Waals surface area contributed by atoms with Gasteiger partial charge < -0.3 is 41.7 Å². The quantitative estimate of drug-likeness (QED) is 0.145. The third-order valence-corrected chi connectivity index (χ3v) is 9.89. The number of aliphatic hydroxyl groups excluding tert-OH is 1. The van der Waals surface area contributed by atoms with Crippen LogP contribution in [0.3, 0.4) is 0 Å². The van der Waals surface area contributed by atoms with Gasteiger partial charge in [0, 0.05) is 38.5 Å². The van der Waals surface area contributed by atoms with Crippen LogP contribution in [0.5, 0.6) is 0 Å². The first-order valence-corrected chi connectivity index (χ1v) is 17.9. The Labute approximate surface area is 296 Å². The van der Waals surface area contributed by atoms with E-state index in [9.17, 15) is 33.9 Å². The third kappa shape index (κ3) is 11.5. The third-order valence-electron chi connectivity index (χ3n) is 9.89. The summed E-state index contributed by atoms with van der Waals surface area (Å²) < 4.78 is 5.23. The van der Waals surface area contributed by atoms with Crippen molar-refractivity contribution in [1.29, 1.82) is 0 Å². The summed E-state index contributed by atoms with van der Waals surface area (Å²) in [4.78, 5) is 80.9. The van der Waals surface area contributed by atoms with Crippen molar-refractivity contribution in [3.05, 3.63) is 0 Å². The zero-order chi connectivity index (χ0) is 37.8. The molecule has 3 fully saturated rings. The minimum atomic E-state index is -1.45. The second-order valence-electron chi connectivity index (χ2n) is 17.2. The van der Waals surface area contributed by atoms with Crippen molar-refractivity contribution in [3.63, 3.8) is 0 Å². The number of Topliss-reactive ketones (excluding diaryl/α,β-unsaturated/α-hetero) is 1. The van der Waals surface area contributed by atoms with E-state index in [4.69, 9.17) is 10.5 Å². The van der Waals surface area contributed by atoms with Crippen molar-refractivity contribution in [2.24, 2.45) is 22.0 Å². The van der Waals surface area contributed by atoms with Crippen LogP contribution in [0.2, 0.25) is 0 Å². The lowest BCUT2D eigenvalue weighted by molar-refractivity contribution is -0.141. The molecule has 0 aromatic rings. The fraction of sp³-hybridized carbons (Fsp3) is 0.829. The number of nitrogens with one attached hydrogen (secondary N) is 4. The number of ketones is 1. The summed E-state index contributed by atoms with van der Waals surface area (Å²) >= 11 is 0. The normalized spacial score (nSPS) is 23.6. The number of likely N-dealkylation sites (tertiary alicyclic amines) is 2. The van der Waals surface area contributed by atoms with Crippen LogP contribution in [0.15, 0.2) is 0 Å². The number of piperidine rings is 1. The van der Waals surface area contributed by atoms with E-state index >= 15 is 0 Å². The lowest BCUT2D eigenvalue weighted by Gasteiger charge is -2.42. The molecule has 2 unspecified atom stereocenters. The van der Waals surface area contributed by atoms with Crippen LogP contribution in [0.1, 0.15) is 107 Å². The zero-order valence-corrected chi connectivity index (χ0v) is 31.4. The van der Waals surface area contributed by atoms with Crippen LogP contribution in [-0.2, 0) is 23.9 Å². The second kappa shape index (κ2) is 16.3.